The highest BCUT2D eigenvalue weighted by Gasteiger charge is 2.08. The van der Waals surface area contributed by atoms with E-state index in [4.69, 9.17) is 16.6 Å². The summed E-state index contributed by atoms with van der Waals surface area (Å²) in [7, 11) is 0. The van der Waals surface area contributed by atoms with Crippen LogP contribution in [0.3, 0.4) is 0 Å². The number of nitriles is 1. The Kier molecular flexibility index (Phi) is 3.97. The average Bonchev–Trinajstić information content (AvgIpc) is 2.82. The molecule has 2 aromatic rings. The van der Waals surface area contributed by atoms with Crippen molar-refractivity contribution in [1.82, 2.24) is 15.0 Å². The summed E-state index contributed by atoms with van der Waals surface area (Å²) in [5.41, 5.74) is 2.30. The molecule has 0 radical (unpaired) electrons. The lowest BCUT2D eigenvalue weighted by molar-refractivity contribution is 0.232. The minimum absolute atomic E-state index is 0.0244. The van der Waals surface area contributed by atoms with Gasteiger partial charge in [-0.2, -0.15) is 0 Å². The summed E-state index contributed by atoms with van der Waals surface area (Å²) in [6, 6.07) is 1.84. The van der Waals surface area contributed by atoms with Crippen molar-refractivity contribution in [3.05, 3.63) is 41.1 Å². The molecule has 6 heteroatoms. The van der Waals surface area contributed by atoms with Crippen molar-refractivity contribution in [2.75, 3.05) is 0 Å². The van der Waals surface area contributed by atoms with Crippen molar-refractivity contribution in [3.63, 3.8) is 0 Å². The van der Waals surface area contributed by atoms with Gasteiger partial charge in [-0.3, -0.25) is 0 Å². The van der Waals surface area contributed by atoms with Crippen molar-refractivity contribution in [2.24, 2.45) is 0 Å². The standard InChI is InChI=1S/C14H13N5O/c1-9(2)20-12-8-18-14-13(19-12)10(7-17-14)4-5-11(6-15)16-3/h5,7-9H,4H2,1-2H3,(H,17,18)/b11-5-. The molecule has 2 rings (SSSR count). The van der Waals surface area contributed by atoms with Crippen molar-refractivity contribution < 1.29 is 4.74 Å². The Labute approximate surface area is 116 Å². The van der Waals surface area contributed by atoms with Crippen LogP contribution in [0.15, 0.2) is 24.2 Å². The predicted octanol–water partition coefficient (Wildman–Crippen LogP) is 2.61. The van der Waals surface area contributed by atoms with Crippen molar-refractivity contribution in [1.29, 1.82) is 5.26 Å². The van der Waals surface area contributed by atoms with E-state index in [1.54, 1.807) is 18.5 Å². The van der Waals surface area contributed by atoms with Gasteiger partial charge >= 0.3 is 0 Å². The van der Waals surface area contributed by atoms with E-state index in [9.17, 15) is 0 Å². The number of nitrogens with zero attached hydrogens (tertiary/aromatic N) is 4. The van der Waals surface area contributed by atoms with Gasteiger partial charge in [0.25, 0.3) is 5.70 Å². The Bertz CT molecular complexity index is 714. The predicted molar refractivity (Wildman–Crippen MR) is 73.7 cm³/mol. The van der Waals surface area contributed by atoms with Crippen LogP contribution in [-0.4, -0.2) is 21.1 Å². The van der Waals surface area contributed by atoms with Gasteiger partial charge in [0.05, 0.1) is 24.9 Å². The van der Waals surface area contributed by atoms with Crippen LogP contribution >= 0.6 is 0 Å². The lowest BCUT2D eigenvalue weighted by Gasteiger charge is -2.07. The van der Waals surface area contributed by atoms with Gasteiger partial charge in [-0.25, -0.2) is 20.1 Å². The lowest BCUT2D eigenvalue weighted by atomic mass is 10.2. The highest BCUT2D eigenvalue weighted by atomic mass is 16.5. The van der Waals surface area contributed by atoms with Crippen LogP contribution in [0.1, 0.15) is 19.4 Å². The Hall–Kier alpha value is -2.86. The van der Waals surface area contributed by atoms with E-state index in [0.29, 0.717) is 23.5 Å². The number of aromatic nitrogens is 3. The molecule has 0 aliphatic heterocycles. The quantitative estimate of drug-likeness (QED) is 0.682. The first-order valence-corrected chi connectivity index (χ1v) is 6.11. The third-order valence-electron chi connectivity index (χ3n) is 2.54. The van der Waals surface area contributed by atoms with Crippen LogP contribution in [-0.2, 0) is 6.42 Å². The molecular weight excluding hydrogens is 254 g/mol. The number of fused-ring (bicyclic) bond motifs is 1. The van der Waals surface area contributed by atoms with E-state index in [2.05, 4.69) is 19.8 Å². The van der Waals surface area contributed by atoms with Gasteiger partial charge in [-0.15, -0.1) is 0 Å². The molecule has 2 heterocycles. The molecule has 0 atom stereocenters. The summed E-state index contributed by atoms with van der Waals surface area (Å²) in [5, 5.41) is 8.72. The monoisotopic (exact) mass is 267 g/mol. The lowest BCUT2D eigenvalue weighted by Crippen LogP contribution is -2.07. The van der Waals surface area contributed by atoms with Crippen LogP contribution in [0.4, 0.5) is 0 Å². The van der Waals surface area contributed by atoms with E-state index < -0.39 is 0 Å². The number of H-pyrrole nitrogens is 1. The molecule has 6 nitrogen and oxygen atoms in total. The molecule has 0 aliphatic rings. The first kappa shape index (κ1) is 13.6. The maximum atomic E-state index is 8.72. The Morgan fingerprint density at radius 1 is 1.65 bits per heavy atom. The third-order valence-corrected chi connectivity index (χ3v) is 2.54. The Morgan fingerprint density at radius 2 is 2.45 bits per heavy atom. The molecule has 0 spiro atoms. The number of hydrogen-bond acceptors (Lipinski definition) is 4. The second kappa shape index (κ2) is 5.85. The number of nitrogens with one attached hydrogen (secondary N) is 1. The van der Waals surface area contributed by atoms with Crippen LogP contribution in [0, 0.1) is 17.9 Å². The maximum absolute atomic E-state index is 8.72. The van der Waals surface area contributed by atoms with Crippen LogP contribution < -0.4 is 4.74 Å². The first-order valence-electron chi connectivity index (χ1n) is 6.11. The second-order valence-electron chi connectivity index (χ2n) is 4.40. The van der Waals surface area contributed by atoms with Crippen LogP contribution in [0.25, 0.3) is 16.0 Å². The van der Waals surface area contributed by atoms with E-state index in [1.165, 1.54) is 0 Å². The molecule has 2 aromatic heterocycles. The second-order valence-corrected chi connectivity index (χ2v) is 4.40. The Morgan fingerprint density at radius 3 is 3.10 bits per heavy atom. The fourth-order valence-electron chi connectivity index (χ4n) is 1.70. The van der Waals surface area contributed by atoms with E-state index in [1.807, 2.05) is 19.9 Å². The van der Waals surface area contributed by atoms with Gasteiger partial charge in [0.2, 0.25) is 5.88 Å². The van der Waals surface area contributed by atoms with Crippen molar-refractivity contribution in [3.8, 4) is 11.9 Å². The zero-order chi connectivity index (χ0) is 14.5. The third kappa shape index (κ3) is 2.93. The molecule has 0 bridgehead atoms. The number of hydrogen-bond donors (Lipinski definition) is 1. The summed E-state index contributed by atoms with van der Waals surface area (Å²) >= 11 is 0. The fourth-order valence-corrected chi connectivity index (χ4v) is 1.70. The molecule has 0 aromatic carbocycles. The molecule has 0 amide bonds. The molecule has 0 aliphatic carbocycles. The van der Waals surface area contributed by atoms with Crippen molar-refractivity contribution >= 4 is 11.2 Å². The fraction of sp³-hybridized carbons (Fsp3) is 0.286. The van der Waals surface area contributed by atoms with E-state index in [-0.39, 0.29) is 11.8 Å². The topological polar surface area (TPSA) is 79.0 Å². The van der Waals surface area contributed by atoms with Gasteiger partial charge in [-0.05, 0) is 20.3 Å². The summed E-state index contributed by atoms with van der Waals surface area (Å²) in [6.07, 6.45) is 5.40. The van der Waals surface area contributed by atoms with Gasteiger partial charge in [0.1, 0.15) is 5.52 Å². The minimum atomic E-state index is 0.0244. The summed E-state index contributed by atoms with van der Waals surface area (Å²) in [6.45, 7) is 10.7. The summed E-state index contributed by atoms with van der Waals surface area (Å²) in [4.78, 5) is 14.8. The van der Waals surface area contributed by atoms with Gasteiger partial charge in [0, 0.05) is 11.8 Å². The zero-order valence-electron chi connectivity index (χ0n) is 11.2. The molecule has 1 N–H and O–H groups in total. The van der Waals surface area contributed by atoms with Gasteiger partial charge < -0.3 is 9.72 Å². The number of rotatable bonds is 4. The highest BCUT2D eigenvalue weighted by molar-refractivity contribution is 5.75. The molecular formula is C14H13N5O. The number of allylic oxidation sites excluding steroid dienone is 2. The zero-order valence-corrected chi connectivity index (χ0v) is 11.2. The van der Waals surface area contributed by atoms with E-state index in [0.717, 1.165) is 5.56 Å². The summed E-state index contributed by atoms with van der Waals surface area (Å²) < 4.78 is 5.51. The molecule has 0 fully saturated rings. The first-order chi connectivity index (χ1) is 9.63. The van der Waals surface area contributed by atoms with E-state index >= 15 is 0 Å². The van der Waals surface area contributed by atoms with Crippen molar-refractivity contribution in [2.45, 2.75) is 26.4 Å². The normalized spacial score (nSPS) is 11.3. The SMILES string of the molecule is [C-]#[N+]/C(C#N)=C\Cc1c[nH]c2ncc(OC(C)C)nc12. The smallest absolute Gasteiger partial charge is 0.258 e. The molecule has 0 saturated heterocycles. The number of ether oxygens (including phenoxy) is 1. The van der Waals surface area contributed by atoms with Crippen LogP contribution in [0.2, 0.25) is 0 Å². The maximum Gasteiger partial charge on any atom is 0.258 e. The average molecular weight is 267 g/mol. The molecule has 0 unspecified atom stereocenters. The Balaban J connectivity index is 2.33. The van der Waals surface area contributed by atoms with Gasteiger partial charge in [0.15, 0.2) is 5.65 Å². The van der Waals surface area contributed by atoms with Gasteiger partial charge in [-0.1, -0.05) is 6.08 Å². The molecule has 20 heavy (non-hydrogen) atoms. The van der Waals surface area contributed by atoms with Crippen LogP contribution in [0.5, 0.6) is 5.88 Å². The molecule has 0 saturated carbocycles. The molecule has 100 valence electrons. The highest BCUT2D eigenvalue weighted by Crippen LogP contribution is 2.19. The minimum Gasteiger partial charge on any atom is -0.474 e. The largest absolute Gasteiger partial charge is 0.474 e. The number of aromatic amines is 1. The summed E-state index contributed by atoms with van der Waals surface area (Å²) in [5.74, 6) is 0.461.